The van der Waals surface area contributed by atoms with E-state index >= 15 is 0 Å². The Bertz CT molecular complexity index is 525. The first-order valence-corrected chi connectivity index (χ1v) is 7.64. The van der Waals surface area contributed by atoms with Crippen molar-refractivity contribution in [3.63, 3.8) is 0 Å². The van der Waals surface area contributed by atoms with Crippen LogP contribution in [0.25, 0.3) is 0 Å². The highest BCUT2D eigenvalue weighted by Crippen LogP contribution is 2.40. The third-order valence-corrected chi connectivity index (χ3v) is 4.04. The maximum absolute atomic E-state index is 9.90. The smallest absolute Gasteiger partial charge is 0.405 e. The molecule has 1 aromatic carbocycles. The van der Waals surface area contributed by atoms with Crippen LogP contribution in [0.15, 0.2) is 18.2 Å². The summed E-state index contributed by atoms with van der Waals surface area (Å²) in [6.45, 7) is 7.71. The predicted octanol–water partition coefficient (Wildman–Crippen LogP) is 3.25. The zero-order valence-corrected chi connectivity index (χ0v) is 13.5. The van der Waals surface area contributed by atoms with E-state index in [-0.39, 0.29) is 5.54 Å². The first kappa shape index (κ1) is 16.1. The molecule has 1 amide bonds. The molecule has 1 aliphatic heterocycles. The van der Waals surface area contributed by atoms with Gasteiger partial charge in [0.15, 0.2) is 0 Å². The molecule has 0 spiro atoms. The van der Waals surface area contributed by atoms with E-state index in [1.165, 1.54) is 24.1 Å². The van der Waals surface area contributed by atoms with E-state index in [9.17, 15) is 4.79 Å². The van der Waals surface area contributed by atoms with Gasteiger partial charge in [0.1, 0.15) is 0 Å². The summed E-state index contributed by atoms with van der Waals surface area (Å²) in [6, 6.07) is 6.35. The van der Waals surface area contributed by atoms with Gasteiger partial charge in [0.25, 0.3) is 0 Å². The minimum Gasteiger partial charge on any atom is -0.465 e. The fraction of sp³-hybridized carbons (Fsp3) is 0.562. The lowest BCUT2D eigenvalue weighted by Crippen LogP contribution is -2.39. The molecule has 3 N–H and O–H groups in total. The van der Waals surface area contributed by atoms with Gasteiger partial charge in [0.05, 0.1) is 0 Å². The second-order valence-corrected chi connectivity index (χ2v) is 7.19. The zero-order valence-electron chi connectivity index (χ0n) is 12.7. The molecule has 0 aromatic heterocycles. The highest BCUT2D eigenvalue weighted by Gasteiger charge is 2.35. The monoisotopic (exact) mass is 310 g/mol. The van der Waals surface area contributed by atoms with E-state index in [2.05, 4.69) is 22.8 Å². The van der Waals surface area contributed by atoms with Crippen LogP contribution in [0.5, 0.6) is 0 Å². The van der Waals surface area contributed by atoms with Crippen LogP contribution in [-0.4, -0.2) is 29.8 Å². The van der Waals surface area contributed by atoms with Crippen LogP contribution in [0.3, 0.4) is 0 Å². The Kier molecular flexibility index (Phi) is 4.79. The van der Waals surface area contributed by atoms with Crippen LogP contribution < -0.4 is 10.6 Å². The number of halogens is 1. The molecule has 1 aliphatic carbocycles. The molecule has 1 heterocycles. The van der Waals surface area contributed by atoms with Crippen molar-refractivity contribution in [2.45, 2.75) is 38.6 Å². The van der Waals surface area contributed by atoms with E-state index in [0.717, 1.165) is 23.4 Å². The van der Waals surface area contributed by atoms with Crippen molar-refractivity contribution in [2.24, 2.45) is 5.92 Å². The van der Waals surface area contributed by atoms with Gasteiger partial charge in [-0.15, -0.1) is 0 Å². The van der Waals surface area contributed by atoms with Gasteiger partial charge >= 0.3 is 6.09 Å². The predicted molar refractivity (Wildman–Crippen MR) is 85.2 cm³/mol. The molecule has 1 aromatic rings. The number of hydrogen-bond acceptors (Lipinski definition) is 2. The first-order chi connectivity index (χ1) is 9.76. The number of amides is 1. The van der Waals surface area contributed by atoms with Crippen molar-refractivity contribution in [3.05, 3.63) is 34.3 Å². The Morgan fingerprint density at radius 2 is 2.10 bits per heavy atom. The molecule has 3 rings (SSSR count). The molecule has 0 saturated carbocycles. The van der Waals surface area contributed by atoms with Crippen LogP contribution in [0.4, 0.5) is 4.79 Å². The number of carbonyl (C=O) groups is 1. The molecule has 2 aliphatic rings. The molecule has 5 heteroatoms. The Morgan fingerprint density at radius 3 is 2.67 bits per heavy atom. The van der Waals surface area contributed by atoms with Crippen molar-refractivity contribution < 1.29 is 9.90 Å². The summed E-state index contributed by atoms with van der Waals surface area (Å²) in [5.41, 5.74) is 2.68. The Hall–Kier alpha value is -1.26. The van der Waals surface area contributed by atoms with Crippen molar-refractivity contribution in [2.75, 3.05) is 13.1 Å². The number of fused-ring (bicyclic) bond motifs is 3. The number of benzene rings is 1. The van der Waals surface area contributed by atoms with Crippen LogP contribution in [0, 0.1) is 5.92 Å². The third-order valence-electron chi connectivity index (χ3n) is 3.81. The molecule has 2 unspecified atom stereocenters. The quantitative estimate of drug-likeness (QED) is 0.689. The van der Waals surface area contributed by atoms with Gasteiger partial charge in [-0.25, -0.2) is 4.79 Å². The van der Waals surface area contributed by atoms with Crippen molar-refractivity contribution in [1.29, 1.82) is 0 Å². The summed E-state index contributed by atoms with van der Waals surface area (Å²) < 4.78 is 0. The summed E-state index contributed by atoms with van der Waals surface area (Å²) in [6.07, 6.45) is 0.241. The van der Waals surface area contributed by atoms with Gasteiger partial charge < -0.3 is 15.7 Å². The second kappa shape index (κ2) is 6.24. The molecule has 2 atom stereocenters. The fourth-order valence-electron chi connectivity index (χ4n) is 3.03. The Balaban J connectivity index is 0.000000177. The number of rotatable bonds is 0. The first-order valence-electron chi connectivity index (χ1n) is 7.26. The zero-order chi connectivity index (χ0) is 15.6. The van der Waals surface area contributed by atoms with Crippen LogP contribution in [-0.2, 0) is 6.42 Å². The van der Waals surface area contributed by atoms with Crippen LogP contribution in [0.1, 0.15) is 37.8 Å². The lowest BCUT2D eigenvalue weighted by atomic mass is 9.97. The van der Waals surface area contributed by atoms with Gasteiger partial charge in [-0.2, -0.15) is 0 Å². The molecule has 4 nitrogen and oxygen atoms in total. The van der Waals surface area contributed by atoms with E-state index in [4.69, 9.17) is 16.7 Å². The number of hydrogen-bond donors (Lipinski definition) is 3. The normalized spacial score (nSPS) is 22.9. The maximum atomic E-state index is 9.90. The highest BCUT2D eigenvalue weighted by atomic mass is 35.5. The summed E-state index contributed by atoms with van der Waals surface area (Å²) in [5, 5.41) is 14.8. The topological polar surface area (TPSA) is 61.4 Å². The SMILES string of the molecule is CC(C)(C)NC(=O)O.Clc1ccc2c(c1)CC1CNCC21. The largest absolute Gasteiger partial charge is 0.465 e. The molecule has 116 valence electrons. The van der Waals surface area contributed by atoms with E-state index in [1.54, 1.807) is 20.8 Å². The lowest BCUT2D eigenvalue weighted by molar-refractivity contribution is 0.184. The maximum Gasteiger partial charge on any atom is 0.405 e. The molecular formula is C16H23ClN2O2. The standard InChI is InChI=1S/C11H12ClN.C5H11NO2/c12-9-1-2-10-7(4-9)3-8-5-13-6-11(8)10;1-5(2,3)6-4(7)8/h1-2,4,8,11,13H,3,5-6H2;6H,1-3H3,(H,7,8). The molecule has 1 saturated heterocycles. The number of carboxylic acid groups (broad SMARTS) is 1. The van der Waals surface area contributed by atoms with Crippen molar-refractivity contribution in [1.82, 2.24) is 10.6 Å². The molecular weight excluding hydrogens is 288 g/mol. The minimum atomic E-state index is -0.975. The van der Waals surface area contributed by atoms with Crippen molar-refractivity contribution >= 4 is 17.7 Å². The lowest BCUT2D eigenvalue weighted by Gasteiger charge is -2.16. The second-order valence-electron chi connectivity index (χ2n) is 6.75. The Morgan fingerprint density at radius 1 is 1.38 bits per heavy atom. The highest BCUT2D eigenvalue weighted by molar-refractivity contribution is 6.30. The Labute approximate surface area is 130 Å². The van der Waals surface area contributed by atoms with Gasteiger partial charge in [0.2, 0.25) is 0 Å². The third kappa shape index (κ3) is 4.35. The van der Waals surface area contributed by atoms with Crippen LogP contribution >= 0.6 is 11.6 Å². The summed E-state index contributed by atoms with van der Waals surface area (Å²) in [4.78, 5) is 9.90. The average molecular weight is 311 g/mol. The molecule has 0 radical (unpaired) electrons. The minimum absolute atomic E-state index is 0.328. The average Bonchev–Trinajstić information content (AvgIpc) is 2.85. The fourth-order valence-corrected chi connectivity index (χ4v) is 3.22. The van der Waals surface area contributed by atoms with Gasteiger partial charge in [-0.3, -0.25) is 0 Å². The summed E-state index contributed by atoms with van der Waals surface area (Å²) in [5.74, 6) is 1.58. The number of nitrogens with one attached hydrogen (secondary N) is 2. The van der Waals surface area contributed by atoms with Crippen LogP contribution in [0.2, 0.25) is 5.02 Å². The molecule has 1 fully saturated rings. The van der Waals surface area contributed by atoms with E-state index < -0.39 is 6.09 Å². The van der Waals surface area contributed by atoms with Gasteiger partial charge in [-0.05, 0) is 62.9 Å². The molecule has 0 bridgehead atoms. The van der Waals surface area contributed by atoms with E-state index in [0.29, 0.717) is 0 Å². The van der Waals surface area contributed by atoms with E-state index in [1.807, 2.05) is 6.07 Å². The van der Waals surface area contributed by atoms with Crippen molar-refractivity contribution in [3.8, 4) is 0 Å². The van der Waals surface area contributed by atoms with Gasteiger partial charge in [-0.1, -0.05) is 17.7 Å². The van der Waals surface area contributed by atoms with Gasteiger partial charge in [0, 0.05) is 23.0 Å². The summed E-state index contributed by atoms with van der Waals surface area (Å²) >= 11 is 5.96. The summed E-state index contributed by atoms with van der Waals surface area (Å²) in [7, 11) is 0. The molecule has 21 heavy (non-hydrogen) atoms.